The Morgan fingerprint density at radius 1 is 1.03 bits per heavy atom. The first-order valence-corrected chi connectivity index (χ1v) is 12.0. The Kier molecular flexibility index (Phi) is 7.12. The molecule has 6 heteroatoms. The second-order valence-corrected chi connectivity index (χ2v) is 9.26. The van der Waals surface area contributed by atoms with Gasteiger partial charge in [-0.15, -0.1) is 0 Å². The van der Waals surface area contributed by atoms with Crippen LogP contribution in [0.25, 0.3) is 6.08 Å². The number of carbonyl (C=O) groups is 1. The summed E-state index contributed by atoms with van der Waals surface area (Å²) < 4.78 is 6.91. The number of thioether (sulfide) groups is 1. The molecule has 1 aliphatic heterocycles. The fourth-order valence-corrected chi connectivity index (χ4v) is 4.48. The van der Waals surface area contributed by atoms with Crippen molar-refractivity contribution in [1.82, 2.24) is 4.90 Å². The summed E-state index contributed by atoms with van der Waals surface area (Å²) in [4.78, 5) is 19.8. The van der Waals surface area contributed by atoms with Crippen molar-refractivity contribution in [2.45, 2.75) is 20.0 Å². The van der Waals surface area contributed by atoms with Crippen molar-refractivity contribution < 1.29 is 9.53 Å². The minimum Gasteiger partial charge on any atom is -0.489 e. The molecule has 1 aliphatic rings. The molecule has 0 spiro atoms. The van der Waals surface area contributed by atoms with Crippen molar-refractivity contribution in [3.05, 3.63) is 98.9 Å². The normalized spacial score (nSPS) is 16.2. The molecule has 32 heavy (non-hydrogen) atoms. The van der Waals surface area contributed by atoms with Gasteiger partial charge in [0, 0.05) is 11.5 Å². The number of hydrogen-bond acceptors (Lipinski definition) is 4. The second-order valence-electron chi connectivity index (χ2n) is 7.34. The van der Waals surface area contributed by atoms with E-state index in [1.54, 1.807) is 11.9 Å². The minimum absolute atomic E-state index is 0.0432. The SMILES string of the molecule is CCc1ccccc1N=C1S/C(=C/c2ccc(OCc3ccc(Br)cc3)cc2)C(=O)N1C. The molecule has 0 radical (unpaired) electrons. The smallest absolute Gasteiger partial charge is 0.266 e. The number of hydrogen-bond donors (Lipinski definition) is 0. The van der Waals surface area contributed by atoms with Crippen molar-refractivity contribution in [2.24, 2.45) is 4.99 Å². The van der Waals surface area contributed by atoms with E-state index in [1.807, 2.05) is 72.8 Å². The molecule has 0 atom stereocenters. The van der Waals surface area contributed by atoms with Crippen molar-refractivity contribution in [2.75, 3.05) is 7.05 Å². The highest BCUT2D eigenvalue weighted by Gasteiger charge is 2.30. The summed E-state index contributed by atoms with van der Waals surface area (Å²) in [7, 11) is 1.77. The first kappa shape index (κ1) is 22.4. The van der Waals surface area contributed by atoms with E-state index < -0.39 is 0 Å². The Bertz CT molecular complexity index is 1170. The maximum absolute atomic E-state index is 12.7. The van der Waals surface area contributed by atoms with Crippen molar-refractivity contribution in [3.8, 4) is 5.75 Å². The topological polar surface area (TPSA) is 41.9 Å². The molecule has 4 nitrogen and oxygen atoms in total. The lowest BCUT2D eigenvalue weighted by Gasteiger charge is -2.08. The van der Waals surface area contributed by atoms with Crippen molar-refractivity contribution in [3.63, 3.8) is 0 Å². The molecule has 1 amide bonds. The van der Waals surface area contributed by atoms with Crippen LogP contribution in [0.15, 0.2) is 87.2 Å². The molecule has 0 saturated carbocycles. The average molecular weight is 507 g/mol. The number of aliphatic imine (C=N–C) groups is 1. The highest BCUT2D eigenvalue weighted by atomic mass is 79.9. The molecule has 0 unspecified atom stereocenters. The monoisotopic (exact) mass is 506 g/mol. The summed E-state index contributed by atoms with van der Waals surface area (Å²) in [6.45, 7) is 2.61. The van der Waals surface area contributed by atoms with Crippen molar-refractivity contribution >= 4 is 50.5 Å². The summed E-state index contributed by atoms with van der Waals surface area (Å²) in [5, 5.41) is 0.691. The molecule has 4 rings (SSSR count). The number of likely N-dealkylation sites (N-methyl/N-ethyl adjacent to an activating group) is 1. The molecule has 1 saturated heterocycles. The summed E-state index contributed by atoms with van der Waals surface area (Å²) in [5.74, 6) is 0.745. The predicted octanol–water partition coefficient (Wildman–Crippen LogP) is 6.82. The first-order chi connectivity index (χ1) is 15.5. The molecule has 0 bridgehead atoms. The van der Waals surface area contributed by atoms with E-state index in [1.165, 1.54) is 11.8 Å². The van der Waals surface area contributed by atoms with Gasteiger partial charge in [0.25, 0.3) is 5.91 Å². The van der Waals surface area contributed by atoms with Crippen LogP contribution in [0.2, 0.25) is 0 Å². The summed E-state index contributed by atoms with van der Waals surface area (Å²) in [5.41, 5.74) is 4.12. The van der Waals surface area contributed by atoms with Crippen LogP contribution in [0.5, 0.6) is 5.75 Å². The number of benzene rings is 3. The van der Waals surface area contributed by atoms with Gasteiger partial charge in [-0.1, -0.05) is 65.3 Å². The molecule has 0 aromatic heterocycles. The van der Waals surface area contributed by atoms with Gasteiger partial charge in [0.2, 0.25) is 0 Å². The quantitative estimate of drug-likeness (QED) is 0.344. The van der Waals surface area contributed by atoms with E-state index >= 15 is 0 Å². The van der Waals surface area contributed by atoms with Crippen molar-refractivity contribution in [1.29, 1.82) is 0 Å². The molecular formula is C26H23BrN2O2S. The van der Waals surface area contributed by atoms with E-state index in [-0.39, 0.29) is 5.91 Å². The largest absolute Gasteiger partial charge is 0.489 e. The van der Waals surface area contributed by atoms with Crippen LogP contribution < -0.4 is 4.74 Å². The Balaban J connectivity index is 1.45. The number of rotatable bonds is 6. The van der Waals surface area contributed by atoms with Crippen LogP contribution in [0.1, 0.15) is 23.6 Å². The number of carbonyl (C=O) groups excluding carboxylic acids is 1. The van der Waals surface area contributed by atoms with Gasteiger partial charge < -0.3 is 4.74 Å². The van der Waals surface area contributed by atoms with E-state index in [2.05, 4.69) is 28.9 Å². The van der Waals surface area contributed by atoms with E-state index in [9.17, 15) is 4.79 Å². The third-order valence-electron chi connectivity index (χ3n) is 5.09. The van der Waals surface area contributed by atoms with E-state index in [0.717, 1.165) is 39.0 Å². The molecule has 1 heterocycles. The lowest BCUT2D eigenvalue weighted by atomic mass is 10.1. The molecule has 3 aromatic rings. The van der Waals surface area contributed by atoms with Crippen LogP contribution in [0.4, 0.5) is 5.69 Å². The molecule has 0 N–H and O–H groups in total. The van der Waals surface area contributed by atoms with Crippen LogP contribution in [0, 0.1) is 0 Å². The fourth-order valence-electron chi connectivity index (χ4n) is 3.23. The highest BCUT2D eigenvalue weighted by Crippen LogP contribution is 2.34. The molecule has 3 aromatic carbocycles. The zero-order chi connectivity index (χ0) is 22.5. The number of amidine groups is 1. The van der Waals surface area contributed by atoms with Gasteiger partial charge in [-0.2, -0.15) is 0 Å². The third kappa shape index (κ3) is 5.31. The summed E-state index contributed by atoms with van der Waals surface area (Å²) >= 11 is 4.84. The molecule has 0 aliphatic carbocycles. The first-order valence-electron chi connectivity index (χ1n) is 10.3. The lowest BCUT2D eigenvalue weighted by molar-refractivity contribution is -0.121. The Morgan fingerprint density at radius 3 is 2.47 bits per heavy atom. The van der Waals surface area contributed by atoms with Gasteiger partial charge in [-0.05, 0) is 71.3 Å². The van der Waals surface area contributed by atoms with Crippen LogP contribution in [-0.4, -0.2) is 23.0 Å². The van der Waals surface area contributed by atoms with Crippen LogP contribution >= 0.6 is 27.7 Å². The Morgan fingerprint density at radius 2 is 1.75 bits per heavy atom. The van der Waals surface area contributed by atoms with Gasteiger partial charge in [-0.3, -0.25) is 9.69 Å². The van der Waals surface area contributed by atoms with Crippen LogP contribution in [0.3, 0.4) is 0 Å². The van der Waals surface area contributed by atoms with E-state index in [0.29, 0.717) is 16.7 Å². The average Bonchev–Trinajstić information content (AvgIpc) is 3.07. The standard InChI is InChI=1S/C26H23BrN2O2S/c1-3-20-6-4-5-7-23(20)28-26-29(2)25(30)24(32-26)16-18-10-14-22(15-11-18)31-17-19-8-12-21(27)13-9-19/h4-16H,3,17H2,1-2H3/b24-16+,28-26?. The number of amides is 1. The van der Waals surface area contributed by atoms with Gasteiger partial charge in [-0.25, -0.2) is 4.99 Å². The van der Waals surface area contributed by atoms with Gasteiger partial charge in [0.1, 0.15) is 12.4 Å². The maximum Gasteiger partial charge on any atom is 0.266 e. The summed E-state index contributed by atoms with van der Waals surface area (Å²) in [6, 6.07) is 23.8. The van der Waals surface area contributed by atoms with Crippen LogP contribution in [-0.2, 0) is 17.8 Å². The van der Waals surface area contributed by atoms with Gasteiger partial charge >= 0.3 is 0 Å². The predicted molar refractivity (Wildman–Crippen MR) is 136 cm³/mol. The zero-order valence-electron chi connectivity index (χ0n) is 17.9. The number of nitrogens with zero attached hydrogens (tertiary/aromatic N) is 2. The zero-order valence-corrected chi connectivity index (χ0v) is 20.3. The molecular weight excluding hydrogens is 484 g/mol. The number of aryl methyl sites for hydroxylation is 1. The highest BCUT2D eigenvalue weighted by molar-refractivity contribution is 9.10. The third-order valence-corrected chi connectivity index (χ3v) is 6.68. The van der Waals surface area contributed by atoms with Gasteiger partial charge in [0.05, 0.1) is 10.6 Å². The van der Waals surface area contributed by atoms with Gasteiger partial charge in [0.15, 0.2) is 5.17 Å². The summed E-state index contributed by atoms with van der Waals surface area (Å²) in [6.07, 6.45) is 2.80. The van der Waals surface area contributed by atoms with E-state index in [4.69, 9.17) is 9.73 Å². The minimum atomic E-state index is -0.0432. The fraction of sp³-hybridized carbons (Fsp3) is 0.154. The molecule has 162 valence electrons. The number of ether oxygens (including phenoxy) is 1. The second kappa shape index (κ2) is 10.2. The molecule has 1 fully saturated rings. The number of halogens is 1. The Hall–Kier alpha value is -2.83. The number of para-hydroxylation sites is 1. The Labute approximate surface area is 201 Å². The maximum atomic E-state index is 12.7. The lowest BCUT2D eigenvalue weighted by Crippen LogP contribution is -2.23.